The molecule has 1 atom stereocenters. The molecule has 0 spiro atoms. The number of nitrogens with zero attached hydrogens (tertiary/aromatic N) is 5. The van der Waals surface area contributed by atoms with E-state index in [2.05, 4.69) is 15.0 Å². The van der Waals surface area contributed by atoms with Gasteiger partial charge >= 0.3 is 0 Å². The number of imidazole rings is 1. The molecular weight excluding hydrogens is 346 g/mol. The first-order valence-corrected chi connectivity index (χ1v) is 8.28. The molecule has 4 rings (SSSR count). The van der Waals surface area contributed by atoms with Crippen molar-refractivity contribution in [1.82, 2.24) is 19.5 Å². The molecule has 1 unspecified atom stereocenters. The Balaban J connectivity index is 1.86. The number of aromatic nitrogens is 4. The van der Waals surface area contributed by atoms with Crippen molar-refractivity contribution < 1.29 is 9.66 Å². The molecule has 0 saturated carbocycles. The molecule has 0 aliphatic carbocycles. The summed E-state index contributed by atoms with van der Waals surface area (Å²) in [5.74, 6) is 0. The Hall–Kier alpha value is -2.58. The monoisotopic (exact) mass is 359 g/mol. The normalized spacial score (nSPS) is 17.7. The second-order valence-electron chi connectivity index (χ2n) is 5.79. The van der Waals surface area contributed by atoms with E-state index in [9.17, 15) is 10.1 Å². The fraction of sp³-hybridized carbons (Fsp3) is 0.312. The van der Waals surface area contributed by atoms with E-state index in [-0.39, 0.29) is 17.2 Å². The van der Waals surface area contributed by atoms with E-state index < -0.39 is 4.92 Å². The van der Waals surface area contributed by atoms with Crippen LogP contribution in [0.5, 0.6) is 0 Å². The van der Waals surface area contributed by atoms with Crippen molar-refractivity contribution >= 4 is 28.5 Å². The van der Waals surface area contributed by atoms with E-state index in [1.54, 1.807) is 18.5 Å². The van der Waals surface area contributed by atoms with Crippen LogP contribution in [0.2, 0.25) is 5.28 Å². The van der Waals surface area contributed by atoms with E-state index in [4.69, 9.17) is 16.3 Å². The number of fused-ring (bicyclic) bond motifs is 1. The first-order valence-electron chi connectivity index (χ1n) is 7.90. The third kappa shape index (κ3) is 2.94. The third-order valence-electron chi connectivity index (χ3n) is 4.19. The molecule has 9 heteroatoms. The number of hydrogen-bond acceptors (Lipinski definition) is 6. The number of halogens is 1. The third-order valence-corrected chi connectivity index (χ3v) is 4.36. The summed E-state index contributed by atoms with van der Waals surface area (Å²) < 4.78 is 7.65. The Kier molecular flexibility index (Phi) is 4.06. The summed E-state index contributed by atoms with van der Waals surface area (Å²) in [6.45, 7) is 0.695. The van der Waals surface area contributed by atoms with Gasteiger partial charge in [0.05, 0.1) is 11.3 Å². The number of hydrogen-bond donors (Lipinski definition) is 0. The molecule has 1 aliphatic rings. The van der Waals surface area contributed by atoms with Crippen molar-refractivity contribution in [1.29, 1.82) is 0 Å². The van der Waals surface area contributed by atoms with Crippen LogP contribution >= 0.6 is 11.6 Å². The number of benzene rings is 1. The zero-order valence-corrected chi connectivity index (χ0v) is 13.9. The van der Waals surface area contributed by atoms with Gasteiger partial charge < -0.3 is 4.74 Å². The van der Waals surface area contributed by atoms with Gasteiger partial charge in [-0.15, -0.1) is 0 Å². The Morgan fingerprint density at radius 3 is 2.96 bits per heavy atom. The Morgan fingerprint density at radius 1 is 1.32 bits per heavy atom. The van der Waals surface area contributed by atoms with E-state index in [0.717, 1.165) is 19.3 Å². The molecule has 1 aromatic carbocycles. The molecule has 0 bridgehead atoms. The van der Waals surface area contributed by atoms with Crippen molar-refractivity contribution in [3.8, 4) is 11.3 Å². The average molecular weight is 360 g/mol. The molecule has 3 aromatic rings. The first kappa shape index (κ1) is 15.9. The highest BCUT2D eigenvalue weighted by Crippen LogP contribution is 2.31. The Bertz CT molecular complexity index is 952. The van der Waals surface area contributed by atoms with Gasteiger partial charge in [-0.3, -0.25) is 14.7 Å². The van der Waals surface area contributed by atoms with Crippen molar-refractivity contribution in [2.45, 2.75) is 25.5 Å². The molecule has 1 saturated heterocycles. The summed E-state index contributed by atoms with van der Waals surface area (Å²) in [4.78, 5) is 23.5. The fourth-order valence-corrected chi connectivity index (χ4v) is 3.18. The quantitative estimate of drug-likeness (QED) is 0.401. The zero-order valence-electron chi connectivity index (χ0n) is 13.1. The van der Waals surface area contributed by atoms with Crippen LogP contribution in [0.25, 0.3) is 22.4 Å². The summed E-state index contributed by atoms with van der Waals surface area (Å²) in [6, 6.07) is 6.23. The van der Waals surface area contributed by atoms with Crippen molar-refractivity contribution in [2.24, 2.45) is 0 Å². The molecule has 1 fully saturated rings. The van der Waals surface area contributed by atoms with Gasteiger partial charge in [0.2, 0.25) is 5.28 Å². The second kappa shape index (κ2) is 6.38. The first-order chi connectivity index (χ1) is 12.1. The van der Waals surface area contributed by atoms with Gasteiger partial charge in [-0.2, -0.15) is 4.98 Å². The van der Waals surface area contributed by atoms with Crippen LogP contribution in [0.4, 0.5) is 5.69 Å². The van der Waals surface area contributed by atoms with Gasteiger partial charge in [0, 0.05) is 24.3 Å². The standard InChI is InChI=1S/C16H14ClN5O3/c17-16-19-13(10-4-3-5-11(8-10)22(23)24)14-15(20-16)21(9-18-14)12-6-1-2-7-25-12/h3-5,8-9,12H,1-2,6-7H2. The summed E-state index contributed by atoms with van der Waals surface area (Å²) in [5.41, 5.74) is 2.12. The highest BCUT2D eigenvalue weighted by Gasteiger charge is 2.22. The molecule has 8 nitrogen and oxygen atoms in total. The maximum absolute atomic E-state index is 11.0. The summed E-state index contributed by atoms with van der Waals surface area (Å²) >= 11 is 6.11. The lowest BCUT2D eigenvalue weighted by Gasteiger charge is -2.23. The Labute approximate surface area is 147 Å². The van der Waals surface area contributed by atoms with Crippen molar-refractivity contribution in [3.05, 3.63) is 46.0 Å². The number of nitro benzene ring substituents is 1. The predicted molar refractivity (Wildman–Crippen MR) is 91.3 cm³/mol. The van der Waals surface area contributed by atoms with E-state index in [0.29, 0.717) is 29.0 Å². The molecule has 25 heavy (non-hydrogen) atoms. The van der Waals surface area contributed by atoms with Crippen LogP contribution in [0.3, 0.4) is 0 Å². The zero-order chi connectivity index (χ0) is 17.4. The van der Waals surface area contributed by atoms with Crippen LogP contribution in [-0.2, 0) is 4.74 Å². The SMILES string of the molecule is O=[N+]([O-])c1cccc(-c2nc(Cl)nc3c2ncn3C2CCCCO2)c1. The van der Waals surface area contributed by atoms with E-state index in [1.807, 2.05) is 4.57 Å². The molecule has 0 radical (unpaired) electrons. The lowest BCUT2D eigenvalue weighted by atomic mass is 10.1. The highest BCUT2D eigenvalue weighted by molar-refractivity contribution is 6.28. The van der Waals surface area contributed by atoms with Crippen LogP contribution in [0.15, 0.2) is 30.6 Å². The molecule has 1 aliphatic heterocycles. The van der Waals surface area contributed by atoms with Gasteiger partial charge in [0.15, 0.2) is 5.65 Å². The number of ether oxygens (including phenoxy) is 1. The van der Waals surface area contributed by atoms with E-state index in [1.165, 1.54) is 12.1 Å². The average Bonchev–Trinajstić information content (AvgIpc) is 3.05. The van der Waals surface area contributed by atoms with Gasteiger partial charge in [0.1, 0.15) is 17.4 Å². The van der Waals surface area contributed by atoms with Crippen LogP contribution < -0.4 is 0 Å². The van der Waals surface area contributed by atoms with Crippen molar-refractivity contribution in [3.63, 3.8) is 0 Å². The summed E-state index contributed by atoms with van der Waals surface area (Å²) in [6.07, 6.45) is 4.51. The lowest BCUT2D eigenvalue weighted by molar-refractivity contribution is -0.384. The smallest absolute Gasteiger partial charge is 0.270 e. The maximum atomic E-state index is 11.0. The Morgan fingerprint density at radius 2 is 2.20 bits per heavy atom. The minimum absolute atomic E-state index is 0.0181. The van der Waals surface area contributed by atoms with Crippen LogP contribution in [0.1, 0.15) is 25.5 Å². The van der Waals surface area contributed by atoms with Gasteiger partial charge in [-0.05, 0) is 30.9 Å². The minimum Gasteiger partial charge on any atom is -0.358 e. The van der Waals surface area contributed by atoms with Crippen LogP contribution in [0, 0.1) is 10.1 Å². The molecule has 2 aromatic heterocycles. The van der Waals surface area contributed by atoms with Gasteiger partial charge in [-0.1, -0.05) is 12.1 Å². The van der Waals surface area contributed by atoms with Gasteiger partial charge in [0.25, 0.3) is 5.69 Å². The maximum Gasteiger partial charge on any atom is 0.270 e. The predicted octanol–water partition coefficient (Wildman–Crippen LogP) is 3.75. The molecule has 128 valence electrons. The topological polar surface area (TPSA) is 96.0 Å². The molecule has 0 N–H and O–H groups in total. The summed E-state index contributed by atoms with van der Waals surface area (Å²) in [5, 5.41) is 11.1. The van der Waals surface area contributed by atoms with Crippen LogP contribution in [-0.4, -0.2) is 31.0 Å². The minimum atomic E-state index is -0.446. The molecule has 3 heterocycles. The van der Waals surface area contributed by atoms with Crippen molar-refractivity contribution in [2.75, 3.05) is 6.61 Å². The second-order valence-corrected chi connectivity index (χ2v) is 6.13. The highest BCUT2D eigenvalue weighted by atomic mass is 35.5. The molecular formula is C16H14ClN5O3. The number of nitro groups is 1. The number of non-ortho nitro benzene ring substituents is 1. The fourth-order valence-electron chi connectivity index (χ4n) is 3.01. The van der Waals surface area contributed by atoms with Gasteiger partial charge in [-0.25, -0.2) is 9.97 Å². The number of rotatable bonds is 3. The summed E-state index contributed by atoms with van der Waals surface area (Å²) in [7, 11) is 0. The molecule has 0 amide bonds. The lowest BCUT2D eigenvalue weighted by Crippen LogP contribution is -2.17. The largest absolute Gasteiger partial charge is 0.358 e. The van der Waals surface area contributed by atoms with E-state index >= 15 is 0 Å².